The summed E-state index contributed by atoms with van der Waals surface area (Å²) in [5.74, 6) is 1.02. The Morgan fingerprint density at radius 1 is 1.06 bits per heavy atom. The Hall–Kier alpha value is -3.61. The second kappa shape index (κ2) is 10.6. The van der Waals surface area contributed by atoms with Crippen molar-refractivity contribution >= 4 is 11.9 Å². The Morgan fingerprint density at radius 3 is 2.56 bits per heavy atom. The number of carbonyl (C=O) groups is 1. The largest absolute Gasteiger partial charge is 0.356 e. The van der Waals surface area contributed by atoms with Crippen LogP contribution in [0.3, 0.4) is 0 Å². The van der Waals surface area contributed by atoms with Crippen LogP contribution < -0.4 is 10.6 Å². The molecule has 0 spiro atoms. The normalized spacial score (nSPS) is 14.1. The molecule has 1 aromatic heterocycles. The predicted octanol–water partition coefficient (Wildman–Crippen LogP) is 2.90. The molecule has 0 unspecified atom stereocenters. The minimum absolute atomic E-state index is 0.253. The number of benzene rings is 2. The van der Waals surface area contributed by atoms with Crippen LogP contribution in [0.4, 0.5) is 0 Å². The van der Waals surface area contributed by atoms with E-state index in [2.05, 4.69) is 57.1 Å². The van der Waals surface area contributed by atoms with E-state index < -0.39 is 0 Å². The second-order valence-corrected chi connectivity index (χ2v) is 7.91. The molecule has 0 bridgehead atoms. The van der Waals surface area contributed by atoms with Crippen molar-refractivity contribution in [2.24, 2.45) is 4.99 Å². The molecule has 7 nitrogen and oxygen atoms in total. The maximum Gasteiger partial charge on any atom is 0.222 e. The second-order valence-electron chi connectivity index (χ2n) is 7.91. The van der Waals surface area contributed by atoms with Crippen LogP contribution in [0.2, 0.25) is 0 Å². The van der Waals surface area contributed by atoms with E-state index in [9.17, 15) is 4.79 Å². The standard InChI is InChI=1S/C25H30N6O/c1-26-25(27-15-13-20-9-11-23(12-10-20)31-17-5-14-29-31)28-18-21-6-2-3-7-22(21)19-30-16-4-8-24(30)32/h2-3,5-7,9-12,14,17H,4,8,13,15-16,18-19H2,1H3,(H2,26,27,28). The van der Waals surface area contributed by atoms with E-state index in [1.807, 2.05) is 34.0 Å². The van der Waals surface area contributed by atoms with Gasteiger partial charge in [0.05, 0.1) is 5.69 Å². The zero-order chi connectivity index (χ0) is 22.2. The first-order chi connectivity index (χ1) is 15.7. The fourth-order valence-corrected chi connectivity index (χ4v) is 3.92. The zero-order valence-corrected chi connectivity index (χ0v) is 18.5. The molecule has 4 rings (SSSR count). The average molecular weight is 431 g/mol. The highest BCUT2D eigenvalue weighted by molar-refractivity contribution is 5.79. The molecular weight excluding hydrogens is 400 g/mol. The van der Waals surface area contributed by atoms with Gasteiger partial charge in [0.25, 0.3) is 0 Å². The Kier molecular flexibility index (Phi) is 7.17. The van der Waals surface area contributed by atoms with Crippen LogP contribution in [0.1, 0.15) is 29.5 Å². The van der Waals surface area contributed by atoms with Crippen LogP contribution in [0.5, 0.6) is 0 Å². The first kappa shape index (κ1) is 21.6. The molecule has 0 atom stereocenters. The molecule has 0 aliphatic carbocycles. The molecule has 1 saturated heterocycles. The van der Waals surface area contributed by atoms with Gasteiger partial charge < -0.3 is 15.5 Å². The number of rotatable bonds is 8. The maximum absolute atomic E-state index is 12.0. The fourth-order valence-electron chi connectivity index (χ4n) is 3.92. The Balaban J connectivity index is 1.26. The molecule has 2 aromatic carbocycles. The highest BCUT2D eigenvalue weighted by atomic mass is 16.2. The van der Waals surface area contributed by atoms with E-state index in [1.165, 1.54) is 16.7 Å². The number of nitrogens with zero attached hydrogens (tertiary/aromatic N) is 4. The van der Waals surface area contributed by atoms with E-state index in [4.69, 9.17) is 0 Å². The van der Waals surface area contributed by atoms with Crippen molar-refractivity contribution in [3.8, 4) is 5.69 Å². The van der Waals surface area contributed by atoms with E-state index >= 15 is 0 Å². The van der Waals surface area contributed by atoms with Gasteiger partial charge in [-0.05, 0) is 47.7 Å². The zero-order valence-electron chi connectivity index (χ0n) is 18.5. The Morgan fingerprint density at radius 2 is 1.88 bits per heavy atom. The molecule has 3 aromatic rings. The van der Waals surface area contributed by atoms with Crippen LogP contribution >= 0.6 is 0 Å². The summed E-state index contributed by atoms with van der Waals surface area (Å²) in [5.41, 5.74) is 4.68. The van der Waals surface area contributed by atoms with Crippen LogP contribution in [0.15, 0.2) is 72.0 Å². The molecule has 7 heteroatoms. The summed E-state index contributed by atoms with van der Waals surface area (Å²) in [6, 6.07) is 18.6. The minimum Gasteiger partial charge on any atom is -0.356 e. The molecule has 1 amide bonds. The number of amides is 1. The first-order valence-electron chi connectivity index (χ1n) is 11.1. The monoisotopic (exact) mass is 430 g/mol. The number of likely N-dealkylation sites (tertiary alicyclic amines) is 1. The average Bonchev–Trinajstić information content (AvgIpc) is 3.50. The molecule has 32 heavy (non-hydrogen) atoms. The lowest BCUT2D eigenvalue weighted by atomic mass is 10.1. The summed E-state index contributed by atoms with van der Waals surface area (Å²) in [6.45, 7) is 2.98. The van der Waals surface area contributed by atoms with E-state index in [0.29, 0.717) is 19.5 Å². The van der Waals surface area contributed by atoms with Gasteiger partial charge in [-0.25, -0.2) is 4.68 Å². The lowest BCUT2D eigenvalue weighted by molar-refractivity contribution is -0.128. The topological polar surface area (TPSA) is 74.6 Å². The summed E-state index contributed by atoms with van der Waals surface area (Å²) in [4.78, 5) is 18.3. The highest BCUT2D eigenvalue weighted by Crippen LogP contribution is 2.17. The molecule has 0 radical (unpaired) electrons. The first-order valence-corrected chi connectivity index (χ1v) is 11.1. The molecule has 2 N–H and O–H groups in total. The lowest BCUT2D eigenvalue weighted by Gasteiger charge is -2.19. The van der Waals surface area contributed by atoms with Crippen molar-refractivity contribution in [2.75, 3.05) is 20.1 Å². The third kappa shape index (κ3) is 5.55. The van der Waals surface area contributed by atoms with Crippen LogP contribution in [0, 0.1) is 0 Å². The molecule has 166 valence electrons. The quantitative estimate of drug-likeness (QED) is 0.426. The predicted molar refractivity (Wildman–Crippen MR) is 127 cm³/mol. The van der Waals surface area contributed by atoms with Gasteiger partial charge >= 0.3 is 0 Å². The number of guanidine groups is 1. The summed E-state index contributed by atoms with van der Waals surface area (Å²) in [5, 5.41) is 11.0. The van der Waals surface area contributed by atoms with Gasteiger partial charge in [-0.2, -0.15) is 5.10 Å². The lowest BCUT2D eigenvalue weighted by Crippen LogP contribution is -2.38. The van der Waals surface area contributed by atoms with Crippen molar-refractivity contribution in [1.29, 1.82) is 0 Å². The fraction of sp³-hybridized carbons (Fsp3) is 0.320. The number of nitrogens with one attached hydrogen (secondary N) is 2. The highest BCUT2D eigenvalue weighted by Gasteiger charge is 2.20. The Labute approximate surface area is 189 Å². The number of hydrogen-bond acceptors (Lipinski definition) is 3. The SMILES string of the molecule is CN=C(NCCc1ccc(-n2cccn2)cc1)NCc1ccccc1CN1CCCC1=O. The Bertz CT molecular complexity index is 1040. The summed E-state index contributed by atoms with van der Waals surface area (Å²) >= 11 is 0. The summed E-state index contributed by atoms with van der Waals surface area (Å²) < 4.78 is 1.85. The summed E-state index contributed by atoms with van der Waals surface area (Å²) in [7, 11) is 1.78. The van der Waals surface area contributed by atoms with Gasteiger partial charge in [0.1, 0.15) is 0 Å². The van der Waals surface area contributed by atoms with Gasteiger partial charge in [-0.3, -0.25) is 9.79 Å². The van der Waals surface area contributed by atoms with Crippen LogP contribution in [0.25, 0.3) is 5.69 Å². The number of aromatic nitrogens is 2. The van der Waals surface area contributed by atoms with Crippen molar-refractivity contribution in [3.05, 3.63) is 83.7 Å². The number of hydrogen-bond donors (Lipinski definition) is 2. The molecule has 0 saturated carbocycles. The third-order valence-corrected chi connectivity index (χ3v) is 5.73. The molecular formula is C25H30N6O. The van der Waals surface area contributed by atoms with E-state index in [-0.39, 0.29) is 5.91 Å². The van der Waals surface area contributed by atoms with Crippen molar-refractivity contribution < 1.29 is 4.79 Å². The number of carbonyl (C=O) groups excluding carboxylic acids is 1. The minimum atomic E-state index is 0.253. The molecule has 2 heterocycles. The van der Waals surface area contributed by atoms with Gasteiger partial charge in [0.15, 0.2) is 5.96 Å². The van der Waals surface area contributed by atoms with Crippen molar-refractivity contribution in [2.45, 2.75) is 32.4 Å². The summed E-state index contributed by atoms with van der Waals surface area (Å²) in [6.07, 6.45) is 6.24. The molecule has 1 aliphatic heterocycles. The van der Waals surface area contributed by atoms with Crippen LogP contribution in [-0.4, -0.2) is 46.7 Å². The van der Waals surface area contributed by atoms with Gasteiger partial charge in [-0.15, -0.1) is 0 Å². The third-order valence-electron chi connectivity index (χ3n) is 5.73. The molecule has 1 fully saturated rings. The van der Waals surface area contributed by atoms with E-state index in [0.717, 1.165) is 37.6 Å². The van der Waals surface area contributed by atoms with Crippen molar-refractivity contribution in [1.82, 2.24) is 25.3 Å². The van der Waals surface area contributed by atoms with Gasteiger partial charge in [-0.1, -0.05) is 36.4 Å². The van der Waals surface area contributed by atoms with Gasteiger partial charge in [0, 0.05) is 52.0 Å². The smallest absolute Gasteiger partial charge is 0.222 e. The van der Waals surface area contributed by atoms with Crippen molar-refractivity contribution in [3.63, 3.8) is 0 Å². The molecule has 1 aliphatic rings. The maximum atomic E-state index is 12.0. The van der Waals surface area contributed by atoms with Crippen LogP contribution in [-0.2, 0) is 24.3 Å². The van der Waals surface area contributed by atoms with Gasteiger partial charge in [0.2, 0.25) is 5.91 Å². The number of aliphatic imine (C=N–C) groups is 1. The van der Waals surface area contributed by atoms with E-state index in [1.54, 1.807) is 13.2 Å².